The summed E-state index contributed by atoms with van der Waals surface area (Å²) < 4.78 is 5.13. The van der Waals surface area contributed by atoms with Crippen molar-refractivity contribution in [3.63, 3.8) is 0 Å². The van der Waals surface area contributed by atoms with Crippen LogP contribution in [0.1, 0.15) is 27.2 Å². The number of furan rings is 1. The van der Waals surface area contributed by atoms with E-state index in [0.717, 1.165) is 15.3 Å². The van der Waals surface area contributed by atoms with Gasteiger partial charge in [-0.3, -0.25) is 4.79 Å². The summed E-state index contributed by atoms with van der Waals surface area (Å²) in [6.07, 6.45) is 3.98. The quantitative estimate of drug-likeness (QED) is 0.672. The first-order valence-corrected chi connectivity index (χ1v) is 8.35. The summed E-state index contributed by atoms with van der Waals surface area (Å²) in [4.78, 5) is 13.6. The molecule has 1 aromatic carbocycles. The molecule has 0 spiro atoms. The number of hydrogen-bond acceptors (Lipinski definition) is 4. The molecule has 1 atom stereocenters. The average Bonchev–Trinajstić information content (AvgIpc) is 3.30. The summed E-state index contributed by atoms with van der Waals surface area (Å²) in [7, 11) is 0. The molecule has 3 aromatic rings. The van der Waals surface area contributed by atoms with Gasteiger partial charge in [-0.2, -0.15) is 0 Å². The third kappa shape index (κ3) is 4.22. The minimum Gasteiger partial charge on any atom is -0.465 e. The van der Waals surface area contributed by atoms with Gasteiger partial charge in [-0.25, -0.2) is 0 Å². The molecule has 0 aliphatic rings. The molecule has 1 amide bonds. The van der Waals surface area contributed by atoms with Gasteiger partial charge in [0.15, 0.2) is 0 Å². The van der Waals surface area contributed by atoms with Crippen molar-refractivity contribution in [1.29, 1.82) is 0 Å². The molecule has 24 heavy (non-hydrogen) atoms. The first-order valence-electron chi connectivity index (χ1n) is 7.53. The summed E-state index contributed by atoms with van der Waals surface area (Å²) >= 11 is 1.49. The van der Waals surface area contributed by atoms with E-state index in [1.54, 1.807) is 24.5 Å². The first-order chi connectivity index (χ1) is 11.7. The monoisotopic (exact) mass is 339 g/mol. The lowest BCUT2D eigenvalue weighted by atomic mass is 10.1. The van der Waals surface area contributed by atoms with Crippen molar-refractivity contribution in [2.75, 3.05) is 0 Å². The van der Waals surface area contributed by atoms with Gasteiger partial charge in [-0.15, -0.1) is 11.3 Å². The maximum absolute atomic E-state index is 11.8. The van der Waals surface area contributed by atoms with Crippen LogP contribution >= 0.6 is 11.3 Å². The number of nitrogens with one attached hydrogen (secondary N) is 1. The molecule has 5 heteroatoms. The van der Waals surface area contributed by atoms with Crippen molar-refractivity contribution >= 4 is 23.3 Å². The molecule has 0 bridgehead atoms. The van der Waals surface area contributed by atoms with Crippen molar-refractivity contribution < 1.29 is 14.3 Å². The SMILES string of the molecule is O=C(/C=C/c1ccco1)NCc1ccc(C(O)c2ccccc2)s1. The number of amides is 1. The number of hydrogen-bond donors (Lipinski definition) is 2. The second-order valence-electron chi connectivity index (χ2n) is 5.18. The zero-order chi connectivity index (χ0) is 16.8. The lowest BCUT2D eigenvalue weighted by Crippen LogP contribution is -2.19. The molecule has 0 saturated carbocycles. The highest BCUT2D eigenvalue weighted by molar-refractivity contribution is 7.12. The van der Waals surface area contributed by atoms with Gasteiger partial charge >= 0.3 is 0 Å². The van der Waals surface area contributed by atoms with Crippen molar-refractivity contribution in [2.45, 2.75) is 12.6 Å². The van der Waals surface area contributed by atoms with Gasteiger partial charge in [0.05, 0.1) is 12.8 Å². The first kappa shape index (κ1) is 16.2. The molecule has 2 heterocycles. The second-order valence-corrected chi connectivity index (χ2v) is 6.38. The van der Waals surface area contributed by atoms with Gasteiger partial charge in [-0.1, -0.05) is 30.3 Å². The third-order valence-electron chi connectivity index (χ3n) is 3.45. The largest absolute Gasteiger partial charge is 0.465 e. The number of carbonyl (C=O) groups excluding carboxylic acids is 1. The molecule has 0 aliphatic heterocycles. The van der Waals surface area contributed by atoms with E-state index < -0.39 is 6.10 Å². The van der Waals surface area contributed by atoms with Crippen LogP contribution in [0.15, 0.2) is 71.4 Å². The van der Waals surface area contributed by atoms with E-state index in [2.05, 4.69) is 5.32 Å². The second kappa shape index (κ2) is 7.77. The van der Waals surface area contributed by atoms with E-state index >= 15 is 0 Å². The van der Waals surface area contributed by atoms with Gasteiger partial charge in [0.2, 0.25) is 5.91 Å². The molecule has 0 aliphatic carbocycles. The van der Waals surface area contributed by atoms with Crippen LogP contribution in [-0.4, -0.2) is 11.0 Å². The smallest absolute Gasteiger partial charge is 0.244 e. The Morgan fingerprint density at radius 1 is 1.17 bits per heavy atom. The van der Waals surface area contributed by atoms with Crippen LogP contribution in [0.25, 0.3) is 6.08 Å². The fraction of sp³-hybridized carbons (Fsp3) is 0.105. The Balaban J connectivity index is 1.55. The van der Waals surface area contributed by atoms with E-state index in [4.69, 9.17) is 4.42 Å². The van der Waals surface area contributed by atoms with Crippen LogP contribution in [0.2, 0.25) is 0 Å². The van der Waals surface area contributed by atoms with E-state index in [-0.39, 0.29) is 5.91 Å². The molecule has 1 unspecified atom stereocenters. The Labute approximate surface area is 144 Å². The molecular formula is C19H17NO3S. The van der Waals surface area contributed by atoms with E-state index in [0.29, 0.717) is 12.3 Å². The Hall–Kier alpha value is -2.63. The topological polar surface area (TPSA) is 62.5 Å². The number of benzene rings is 1. The van der Waals surface area contributed by atoms with Crippen molar-refractivity contribution in [1.82, 2.24) is 5.32 Å². The number of carbonyl (C=O) groups is 1. The highest BCUT2D eigenvalue weighted by Gasteiger charge is 2.12. The number of thiophene rings is 1. The molecule has 0 saturated heterocycles. The fourth-order valence-electron chi connectivity index (χ4n) is 2.21. The van der Waals surface area contributed by atoms with E-state index in [1.165, 1.54) is 17.4 Å². The summed E-state index contributed by atoms with van der Waals surface area (Å²) in [5.74, 6) is 0.444. The van der Waals surface area contributed by atoms with Gasteiger partial charge in [0.25, 0.3) is 0 Å². The van der Waals surface area contributed by atoms with E-state index in [1.807, 2.05) is 42.5 Å². The lowest BCUT2D eigenvalue weighted by molar-refractivity contribution is -0.116. The summed E-state index contributed by atoms with van der Waals surface area (Å²) in [5.41, 5.74) is 0.858. The van der Waals surface area contributed by atoms with Gasteiger partial charge in [0, 0.05) is 15.8 Å². The molecule has 4 nitrogen and oxygen atoms in total. The van der Waals surface area contributed by atoms with Crippen LogP contribution in [0, 0.1) is 0 Å². The van der Waals surface area contributed by atoms with Gasteiger partial charge in [-0.05, 0) is 35.9 Å². The predicted molar refractivity (Wildman–Crippen MR) is 94.4 cm³/mol. The highest BCUT2D eigenvalue weighted by Crippen LogP contribution is 2.28. The minimum atomic E-state index is -0.639. The Morgan fingerprint density at radius 3 is 2.75 bits per heavy atom. The Kier molecular flexibility index (Phi) is 5.25. The fourth-order valence-corrected chi connectivity index (χ4v) is 3.18. The van der Waals surface area contributed by atoms with Crippen LogP contribution < -0.4 is 5.32 Å². The highest BCUT2D eigenvalue weighted by atomic mass is 32.1. The van der Waals surface area contributed by atoms with Crippen LogP contribution in [0.4, 0.5) is 0 Å². The van der Waals surface area contributed by atoms with Crippen LogP contribution in [-0.2, 0) is 11.3 Å². The zero-order valence-corrected chi connectivity index (χ0v) is 13.7. The summed E-state index contributed by atoms with van der Waals surface area (Å²) in [6.45, 7) is 0.424. The maximum atomic E-state index is 11.8. The zero-order valence-electron chi connectivity index (χ0n) is 12.9. The van der Waals surface area contributed by atoms with Crippen LogP contribution in [0.5, 0.6) is 0 Å². The maximum Gasteiger partial charge on any atom is 0.244 e. The van der Waals surface area contributed by atoms with E-state index in [9.17, 15) is 9.90 Å². The predicted octanol–water partition coefficient (Wildman–Crippen LogP) is 3.75. The van der Waals surface area contributed by atoms with Crippen molar-refractivity contribution in [3.8, 4) is 0 Å². The minimum absolute atomic E-state index is 0.190. The molecule has 0 radical (unpaired) electrons. The summed E-state index contributed by atoms with van der Waals surface area (Å²) in [5, 5.41) is 13.2. The molecule has 2 N–H and O–H groups in total. The lowest BCUT2D eigenvalue weighted by Gasteiger charge is -2.08. The number of aliphatic hydroxyl groups is 1. The molecular weight excluding hydrogens is 322 g/mol. The molecule has 122 valence electrons. The van der Waals surface area contributed by atoms with Gasteiger partial charge in [0.1, 0.15) is 11.9 Å². The summed E-state index contributed by atoms with van der Waals surface area (Å²) in [6, 6.07) is 16.9. The van der Waals surface area contributed by atoms with Gasteiger partial charge < -0.3 is 14.8 Å². The van der Waals surface area contributed by atoms with Crippen molar-refractivity contribution in [2.24, 2.45) is 0 Å². The average molecular weight is 339 g/mol. The normalized spacial score (nSPS) is 12.4. The number of aliphatic hydroxyl groups excluding tert-OH is 1. The Morgan fingerprint density at radius 2 is 2.00 bits per heavy atom. The van der Waals surface area contributed by atoms with Crippen LogP contribution in [0.3, 0.4) is 0 Å². The number of rotatable bonds is 6. The Bertz CT molecular complexity index is 806. The molecule has 0 fully saturated rings. The third-order valence-corrected chi connectivity index (χ3v) is 4.58. The molecule has 2 aromatic heterocycles. The van der Waals surface area contributed by atoms with Crippen molar-refractivity contribution in [3.05, 3.63) is 88.0 Å². The molecule has 3 rings (SSSR count). The standard InChI is InChI=1S/C19H17NO3S/c21-18(11-8-15-7-4-12-23-15)20-13-16-9-10-17(24-16)19(22)14-5-2-1-3-6-14/h1-12,19,22H,13H2,(H,20,21)/b11-8+.